The van der Waals surface area contributed by atoms with Crippen LogP contribution in [0.1, 0.15) is 0 Å². The van der Waals surface area contributed by atoms with Gasteiger partial charge in [-0.3, -0.25) is 4.74 Å². The summed E-state index contributed by atoms with van der Waals surface area (Å²) < 4.78 is 168. The van der Waals surface area contributed by atoms with Crippen LogP contribution in [-0.4, -0.2) is 41.9 Å². The fraction of sp³-hybridized carbons (Fsp3) is 1.00. The van der Waals surface area contributed by atoms with Crippen LogP contribution in [0.3, 0.4) is 0 Å². The van der Waals surface area contributed by atoms with E-state index >= 15 is 0 Å². The average Bonchev–Trinajstić information content (AvgIpc) is 2.35. The molecule has 0 aromatic heterocycles. The molecule has 0 saturated heterocycles. The van der Waals surface area contributed by atoms with Crippen LogP contribution in [0.2, 0.25) is 0 Å². The SMILES string of the molecule is O=S(=O)(OF)C(F)(F)C(F)OC(F)(F)C(F)(F)C(F)(F)C(F)(F)I. The molecule has 0 radical (unpaired) electrons. The molecule has 0 aromatic carbocycles. The zero-order chi connectivity index (χ0) is 20.0. The zero-order valence-corrected chi connectivity index (χ0v) is 13.0. The van der Waals surface area contributed by atoms with Gasteiger partial charge in [0.05, 0.1) is 0 Å². The molecule has 0 N–H and O–H groups in total. The van der Waals surface area contributed by atoms with Gasteiger partial charge in [-0.25, -0.2) is 4.39 Å². The largest absolute Gasteiger partial charge is 0.428 e. The van der Waals surface area contributed by atoms with Crippen LogP contribution in [0.4, 0.5) is 52.8 Å². The molecule has 0 amide bonds. The van der Waals surface area contributed by atoms with Crippen molar-refractivity contribution < 1.29 is 70.4 Å². The standard InChI is InChI=1S/C6HF12IO4S/c7-1(2(8,9)24(20,21)23-18)22-6(16,17)4(12,13)3(10,11)5(14,15)19/h1H. The first-order valence-corrected chi connectivity index (χ1v) is 7.12. The molecule has 0 aliphatic heterocycles. The summed E-state index contributed by atoms with van der Waals surface area (Å²) in [6.45, 7) is 0. The molecule has 0 aliphatic carbocycles. The van der Waals surface area contributed by atoms with E-state index in [1.165, 1.54) is 0 Å². The smallest absolute Gasteiger partial charge is 0.273 e. The van der Waals surface area contributed by atoms with E-state index in [4.69, 9.17) is 0 Å². The highest BCUT2D eigenvalue weighted by Crippen LogP contribution is 2.55. The molecular weight excluding hydrogens is 523 g/mol. The van der Waals surface area contributed by atoms with E-state index < -0.39 is 66.2 Å². The molecule has 0 fully saturated rings. The lowest BCUT2D eigenvalue weighted by atomic mass is 10.1. The second-order valence-corrected chi connectivity index (χ2v) is 6.61. The van der Waals surface area contributed by atoms with E-state index in [0.29, 0.717) is 0 Å². The number of rotatable bonds is 8. The predicted molar refractivity (Wildman–Crippen MR) is 55.8 cm³/mol. The lowest BCUT2D eigenvalue weighted by Gasteiger charge is -2.35. The minimum Gasteiger partial charge on any atom is -0.273 e. The lowest BCUT2D eigenvalue weighted by molar-refractivity contribution is -0.439. The topological polar surface area (TPSA) is 52.6 Å². The van der Waals surface area contributed by atoms with Gasteiger partial charge in [0.15, 0.2) is 0 Å². The molecule has 0 aliphatic rings. The highest BCUT2D eigenvalue weighted by molar-refractivity contribution is 14.1. The van der Waals surface area contributed by atoms with Gasteiger partial charge in [-0.1, -0.05) is 4.39 Å². The Labute approximate surface area is 137 Å². The first-order chi connectivity index (χ1) is 10.2. The van der Waals surface area contributed by atoms with Gasteiger partial charge in [-0.15, -0.1) is 0 Å². The van der Waals surface area contributed by atoms with Crippen molar-refractivity contribution in [1.82, 2.24) is 0 Å². The van der Waals surface area contributed by atoms with Crippen molar-refractivity contribution in [3.05, 3.63) is 0 Å². The molecule has 1 unspecified atom stereocenters. The number of hydrogen-bond acceptors (Lipinski definition) is 4. The molecule has 18 heteroatoms. The predicted octanol–water partition coefficient (Wildman–Crippen LogP) is 4.01. The Morgan fingerprint density at radius 2 is 1.21 bits per heavy atom. The molecule has 0 aromatic rings. The molecule has 24 heavy (non-hydrogen) atoms. The Morgan fingerprint density at radius 3 is 1.50 bits per heavy atom. The van der Waals surface area contributed by atoms with Crippen LogP contribution in [-0.2, 0) is 19.2 Å². The van der Waals surface area contributed by atoms with Crippen molar-refractivity contribution in [2.75, 3.05) is 0 Å². The van der Waals surface area contributed by atoms with Gasteiger partial charge in [0.2, 0.25) is 0 Å². The van der Waals surface area contributed by atoms with Crippen LogP contribution in [0.5, 0.6) is 0 Å². The van der Waals surface area contributed by atoms with Crippen LogP contribution in [0.25, 0.3) is 0 Å². The van der Waals surface area contributed by atoms with Crippen LogP contribution >= 0.6 is 22.6 Å². The van der Waals surface area contributed by atoms with Crippen molar-refractivity contribution >= 4 is 32.7 Å². The fourth-order valence-electron chi connectivity index (χ4n) is 0.789. The summed E-state index contributed by atoms with van der Waals surface area (Å²) >= 11 is -0.706. The van der Waals surface area contributed by atoms with Gasteiger partial charge in [0.25, 0.3) is 6.36 Å². The van der Waals surface area contributed by atoms with E-state index in [2.05, 4.69) is 0 Å². The third-order valence-electron chi connectivity index (χ3n) is 2.05. The maximum atomic E-state index is 12.8. The van der Waals surface area contributed by atoms with Gasteiger partial charge >= 0.3 is 37.3 Å². The van der Waals surface area contributed by atoms with Crippen molar-refractivity contribution in [1.29, 1.82) is 0 Å². The van der Waals surface area contributed by atoms with Gasteiger partial charge in [-0.05, 0) is 4.53 Å². The summed E-state index contributed by atoms with van der Waals surface area (Å²) in [5.41, 5.74) is 0. The quantitative estimate of drug-likeness (QED) is 0.274. The van der Waals surface area contributed by atoms with Crippen LogP contribution < -0.4 is 0 Å². The number of alkyl halides is 12. The fourth-order valence-corrected chi connectivity index (χ4v) is 1.49. The van der Waals surface area contributed by atoms with E-state index in [1.54, 1.807) is 4.39 Å². The second-order valence-electron chi connectivity index (χ2n) is 3.68. The summed E-state index contributed by atoms with van der Waals surface area (Å²) in [7, 11) is -6.99. The Balaban J connectivity index is 5.80. The molecule has 0 bridgehead atoms. The highest BCUT2D eigenvalue weighted by Gasteiger charge is 2.82. The van der Waals surface area contributed by atoms with Crippen molar-refractivity contribution in [3.8, 4) is 0 Å². The summed E-state index contributed by atoms with van der Waals surface area (Å²) in [5, 5.41) is -6.43. The number of hydrogen-bond donors (Lipinski definition) is 0. The number of ether oxygens (including phenoxy) is 1. The highest BCUT2D eigenvalue weighted by atomic mass is 127. The second kappa shape index (κ2) is 6.49. The lowest BCUT2D eigenvalue weighted by Crippen LogP contribution is -2.62. The monoisotopic (exact) mass is 524 g/mol. The molecular formula is C6HF12IO4S. The van der Waals surface area contributed by atoms with Crippen molar-refractivity contribution in [2.24, 2.45) is 0 Å². The third-order valence-corrected chi connectivity index (χ3v) is 3.74. The first kappa shape index (κ1) is 23.8. The summed E-state index contributed by atoms with van der Waals surface area (Å²) in [4.78, 5) is 0. The number of halogens is 13. The van der Waals surface area contributed by atoms with Crippen molar-refractivity contribution in [3.63, 3.8) is 0 Å². The van der Waals surface area contributed by atoms with Crippen LogP contribution in [0, 0.1) is 0 Å². The minimum absolute atomic E-state index is 0.706. The van der Waals surface area contributed by atoms with Crippen LogP contribution in [0.15, 0.2) is 0 Å². The Kier molecular flexibility index (Phi) is 6.42. The van der Waals surface area contributed by atoms with Crippen molar-refractivity contribution in [2.45, 2.75) is 33.5 Å². The molecule has 0 saturated carbocycles. The molecule has 0 spiro atoms. The Bertz CT molecular complexity index is 556. The normalized spacial score (nSPS) is 17.0. The Morgan fingerprint density at radius 1 is 0.833 bits per heavy atom. The molecule has 0 rings (SSSR count). The van der Waals surface area contributed by atoms with E-state index in [9.17, 15) is 61.2 Å². The van der Waals surface area contributed by atoms with Gasteiger partial charge in [0.1, 0.15) is 0 Å². The maximum absolute atomic E-state index is 12.8. The molecule has 146 valence electrons. The summed E-state index contributed by atoms with van der Waals surface area (Å²) in [5.74, 6) is -14.3. The Hall–Kier alpha value is -0.240. The van der Waals surface area contributed by atoms with E-state index in [1.807, 2.05) is 4.74 Å². The minimum atomic E-state index is -7.30. The maximum Gasteiger partial charge on any atom is 0.428 e. The first-order valence-electron chi connectivity index (χ1n) is 4.63. The molecule has 1 atom stereocenters. The summed E-state index contributed by atoms with van der Waals surface area (Å²) in [6.07, 6.45) is -12.5. The van der Waals surface area contributed by atoms with E-state index in [0.717, 1.165) is 0 Å². The van der Waals surface area contributed by atoms with Gasteiger partial charge in [-0.2, -0.15) is 52.3 Å². The van der Waals surface area contributed by atoms with Gasteiger partial charge < -0.3 is 0 Å². The zero-order valence-electron chi connectivity index (χ0n) is 10.0. The summed E-state index contributed by atoms with van der Waals surface area (Å²) in [6, 6.07) is 0. The molecule has 4 nitrogen and oxygen atoms in total. The third kappa shape index (κ3) is 3.79. The van der Waals surface area contributed by atoms with E-state index in [-0.39, 0.29) is 0 Å². The van der Waals surface area contributed by atoms with Gasteiger partial charge in [0, 0.05) is 22.6 Å². The molecule has 0 heterocycles. The average molecular weight is 524 g/mol.